The molecule has 1 N–H and O–H groups in total. The maximum Gasteiger partial charge on any atom is 0.416 e. The lowest BCUT2D eigenvalue weighted by Crippen LogP contribution is -2.15. The van der Waals surface area contributed by atoms with Crippen molar-refractivity contribution in [1.29, 1.82) is 0 Å². The van der Waals surface area contributed by atoms with Gasteiger partial charge in [0.25, 0.3) is 5.91 Å². The minimum absolute atomic E-state index is 0.0831. The maximum absolute atomic E-state index is 13.1. The van der Waals surface area contributed by atoms with Crippen LogP contribution in [0.4, 0.5) is 18.9 Å². The summed E-state index contributed by atoms with van der Waals surface area (Å²) in [7, 11) is 0. The molecule has 4 rings (SSSR count). The molecule has 0 saturated carbocycles. The maximum atomic E-state index is 13.1. The smallest absolute Gasteiger partial charge is 0.416 e. The number of anilines is 1. The number of rotatable bonds is 5. The van der Waals surface area contributed by atoms with E-state index in [-0.39, 0.29) is 29.3 Å². The number of alkyl halides is 3. The molecular weight excluding hydrogens is 409 g/mol. The molecule has 0 aliphatic carbocycles. The molecule has 0 unspecified atom stereocenters. The summed E-state index contributed by atoms with van der Waals surface area (Å²) in [6, 6.07) is 14.1. The van der Waals surface area contributed by atoms with Gasteiger partial charge in [0.2, 0.25) is 0 Å². The van der Waals surface area contributed by atoms with Crippen molar-refractivity contribution in [2.24, 2.45) is 0 Å². The Morgan fingerprint density at radius 2 is 1.90 bits per heavy atom. The van der Waals surface area contributed by atoms with Crippen molar-refractivity contribution in [3.63, 3.8) is 0 Å². The first kappa shape index (κ1) is 20.4. The van der Waals surface area contributed by atoms with Crippen molar-refractivity contribution in [1.82, 2.24) is 14.6 Å². The van der Waals surface area contributed by atoms with Gasteiger partial charge >= 0.3 is 6.18 Å². The lowest BCUT2D eigenvalue weighted by molar-refractivity contribution is -0.137. The van der Waals surface area contributed by atoms with E-state index >= 15 is 0 Å². The predicted molar refractivity (Wildman–Crippen MR) is 109 cm³/mol. The normalized spacial score (nSPS) is 11.5. The molecule has 31 heavy (non-hydrogen) atoms. The lowest BCUT2D eigenvalue weighted by Gasteiger charge is -2.14. The molecule has 0 radical (unpaired) electrons. The van der Waals surface area contributed by atoms with Crippen LogP contribution in [0, 0.1) is 0 Å². The number of hydrogen-bond donors (Lipinski definition) is 1. The average molecular weight is 426 g/mol. The molecular formula is C22H17F3N4O2. The van der Waals surface area contributed by atoms with Crippen LogP contribution in [-0.2, 0) is 6.18 Å². The van der Waals surface area contributed by atoms with Gasteiger partial charge in [-0.05, 0) is 31.2 Å². The molecule has 2 aromatic heterocycles. The van der Waals surface area contributed by atoms with Crippen LogP contribution in [0.1, 0.15) is 22.8 Å². The molecule has 0 fully saturated rings. The molecule has 9 heteroatoms. The molecule has 6 nitrogen and oxygen atoms in total. The molecule has 0 aliphatic rings. The zero-order chi connectivity index (χ0) is 22.0. The number of amides is 1. The van der Waals surface area contributed by atoms with Gasteiger partial charge in [0.05, 0.1) is 29.7 Å². The van der Waals surface area contributed by atoms with Gasteiger partial charge in [-0.25, -0.2) is 9.50 Å². The fourth-order valence-electron chi connectivity index (χ4n) is 3.15. The Labute approximate surface area is 175 Å². The topological polar surface area (TPSA) is 68.5 Å². The van der Waals surface area contributed by atoms with E-state index in [0.717, 1.165) is 23.4 Å². The number of halogens is 3. The van der Waals surface area contributed by atoms with Gasteiger partial charge in [-0.2, -0.15) is 18.3 Å². The molecule has 2 aromatic carbocycles. The highest BCUT2D eigenvalue weighted by Gasteiger charge is 2.31. The van der Waals surface area contributed by atoms with Crippen molar-refractivity contribution in [2.45, 2.75) is 13.1 Å². The highest BCUT2D eigenvalue weighted by atomic mass is 19.4. The van der Waals surface area contributed by atoms with E-state index in [4.69, 9.17) is 4.74 Å². The van der Waals surface area contributed by atoms with Crippen LogP contribution in [0.25, 0.3) is 16.9 Å². The van der Waals surface area contributed by atoms with Gasteiger partial charge in [0, 0.05) is 11.8 Å². The van der Waals surface area contributed by atoms with Crippen LogP contribution in [0.2, 0.25) is 0 Å². The number of carbonyl (C=O) groups is 1. The zero-order valence-electron chi connectivity index (χ0n) is 16.3. The van der Waals surface area contributed by atoms with Crippen molar-refractivity contribution < 1.29 is 22.7 Å². The Morgan fingerprint density at radius 3 is 2.61 bits per heavy atom. The van der Waals surface area contributed by atoms with Crippen LogP contribution >= 0.6 is 0 Å². The number of nitrogens with one attached hydrogen (secondary N) is 1. The van der Waals surface area contributed by atoms with Crippen molar-refractivity contribution in [3.8, 4) is 17.0 Å². The van der Waals surface area contributed by atoms with Crippen LogP contribution in [0.15, 0.2) is 67.0 Å². The quantitative estimate of drug-likeness (QED) is 0.484. The van der Waals surface area contributed by atoms with E-state index < -0.39 is 17.6 Å². The molecule has 158 valence electrons. The van der Waals surface area contributed by atoms with Crippen LogP contribution in [0.5, 0.6) is 5.75 Å². The Hall–Kier alpha value is -3.88. The predicted octanol–water partition coefficient (Wildman–Crippen LogP) is 5.07. The Kier molecular flexibility index (Phi) is 5.33. The third-order valence-corrected chi connectivity index (χ3v) is 4.57. The summed E-state index contributed by atoms with van der Waals surface area (Å²) >= 11 is 0. The second kappa shape index (κ2) is 8.10. The van der Waals surface area contributed by atoms with E-state index in [0.29, 0.717) is 0 Å². The van der Waals surface area contributed by atoms with Gasteiger partial charge < -0.3 is 10.1 Å². The van der Waals surface area contributed by atoms with Gasteiger partial charge in [0.15, 0.2) is 5.65 Å². The lowest BCUT2D eigenvalue weighted by atomic mass is 10.1. The minimum Gasteiger partial charge on any atom is -0.492 e. The third-order valence-electron chi connectivity index (χ3n) is 4.57. The number of ether oxygens (including phenoxy) is 1. The van der Waals surface area contributed by atoms with E-state index in [1.54, 1.807) is 19.2 Å². The third kappa shape index (κ3) is 4.07. The highest BCUT2D eigenvalue weighted by Crippen LogP contribution is 2.35. The molecule has 0 aliphatic heterocycles. The summed E-state index contributed by atoms with van der Waals surface area (Å²) < 4.78 is 46.3. The van der Waals surface area contributed by atoms with E-state index in [1.165, 1.54) is 16.8 Å². The molecule has 0 bridgehead atoms. The summed E-state index contributed by atoms with van der Waals surface area (Å²) in [5.74, 6) is -0.508. The first-order chi connectivity index (χ1) is 14.9. The Bertz CT molecular complexity index is 1240. The van der Waals surface area contributed by atoms with Crippen molar-refractivity contribution >= 4 is 17.2 Å². The van der Waals surface area contributed by atoms with Crippen molar-refractivity contribution in [3.05, 3.63) is 78.1 Å². The van der Waals surface area contributed by atoms with Gasteiger partial charge in [-0.15, -0.1) is 0 Å². The first-order valence-corrected chi connectivity index (χ1v) is 9.42. The number of carbonyl (C=O) groups excluding carboxylic acids is 1. The summed E-state index contributed by atoms with van der Waals surface area (Å²) in [5, 5.41) is 6.76. The molecule has 0 atom stereocenters. The van der Waals surface area contributed by atoms with Crippen LogP contribution in [-0.4, -0.2) is 27.1 Å². The Morgan fingerprint density at radius 1 is 1.13 bits per heavy atom. The van der Waals surface area contributed by atoms with E-state index in [1.807, 2.05) is 30.3 Å². The zero-order valence-corrected chi connectivity index (χ0v) is 16.3. The molecule has 1 amide bonds. The standard InChI is InChI=1S/C22H17F3N4O2/c1-2-31-19-9-8-15(22(23,24)25)12-17(19)28-21(30)16-13-27-29-18(10-11-26-20(16)29)14-6-4-3-5-7-14/h3-13H,2H2,1H3,(H,28,30). The van der Waals surface area contributed by atoms with Gasteiger partial charge in [0.1, 0.15) is 11.3 Å². The summed E-state index contributed by atoms with van der Waals surface area (Å²) in [4.78, 5) is 17.1. The van der Waals surface area contributed by atoms with Crippen molar-refractivity contribution in [2.75, 3.05) is 11.9 Å². The summed E-state index contributed by atoms with van der Waals surface area (Å²) in [6.07, 6.45) is -1.68. The highest BCUT2D eigenvalue weighted by molar-refractivity contribution is 6.09. The van der Waals surface area contributed by atoms with E-state index in [2.05, 4.69) is 15.4 Å². The number of fused-ring (bicyclic) bond motifs is 1. The fraction of sp³-hybridized carbons (Fsp3) is 0.136. The SMILES string of the molecule is CCOc1ccc(C(F)(F)F)cc1NC(=O)c1cnn2c(-c3ccccc3)ccnc12. The number of aromatic nitrogens is 3. The molecule has 2 heterocycles. The first-order valence-electron chi connectivity index (χ1n) is 9.42. The number of nitrogens with zero attached hydrogens (tertiary/aromatic N) is 3. The van der Waals surface area contributed by atoms with Crippen LogP contribution < -0.4 is 10.1 Å². The second-order valence-electron chi connectivity index (χ2n) is 6.59. The van der Waals surface area contributed by atoms with E-state index in [9.17, 15) is 18.0 Å². The Balaban J connectivity index is 1.71. The minimum atomic E-state index is -4.55. The monoisotopic (exact) mass is 426 g/mol. The largest absolute Gasteiger partial charge is 0.492 e. The fourth-order valence-corrected chi connectivity index (χ4v) is 3.15. The van der Waals surface area contributed by atoms with Gasteiger partial charge in [-0.1, -0.05) is 30.3 Å². The number of benzene rings is 2. The second-order valence-corrected chi connectivity index (χ2v) is 6.59. The molecule has 4 aromatic rings. The summed E-state index contributed by atoms with van der Waals surface area (Å²) in [5.41, 5.74) is 1.03. The average Bonchev–Trinajstić information content (AvgIpc) is 3.19. The molecule has 0 saturated heterocycles. The van der Waals surface area contributed by atoms with Crippen LogP contribution in [0.3, 0.4) is 0 Å². The summed E-state index contributed by atoms with van der Waals surface area (Å²) in [6.45, 7) is 1.93. The van der Waals surface area contributed by atoms with Gasteiger partial charge in [-0.3, -0.25) is 4.79 Å². The molecule has 0 spiro atoms. The number of hydrogen-bond acceptors (Lipinski definition) is 4.